The van der Waals surface area contributed by atoms with Crippen LogP contribution in [0, 0.1) is 12.8 Å². The summed E-state index contributed by atoms with van der Waals surface area (Å²) < 4.78 is 6.54. The smallest absolute Gasteiger partial charge is 0.231 e. The first-order valence-corrected chi connectivity index (χ1v) is 10.3. The molecule has 8 heteroatoms. The Labute approximate surface area is 167 Å². The number of hydrogen-bond donors (Lipinski definition) is 1. The Hall–Kier alpha value is -2.74. The van der Waals surface area contributed by atoms with Crippen LogP contribution in [0.3, 0.4) is 0 Å². The number of rotatable bonds is 5. The quantitative estimate of drug-likeness (QED) is 0.708. The van der Waals surface area contributed by atoms with Gasteiger partial charge in [0, 0.05) is 13.1 Å². The topological polar surface area (TPSA) is 80.2 Å². The van der Waals surface area contributed by atoms with Gasteiger partial charge in [0.15, 0.2) is 10.9 Å². The molecular formula is C20H23N5O2S. The lowest BCUT2D eigenvalue weighted by Crippen LogP contribution is -2.41. The molecule has 1 aliphatic heterocycles. The van der Waals surface area contributed by atoms with Crippen LogP contribution >= 0.6 is 11.3 Å². The van der Waals surface area contributed by atoms with Crippen LogP contribution < -0.4 is 15.0 Å². The molecule has 1 aromatic carbocycles. The highest BCUT2D eigenvalue weighted by Gasteiger charge is 2.27. The zero-order chi connectivity index (χ0) is 19.5. The van der Waals surface area contributed by atoms with Gasteiger partial charge in [0.1, 0.15) is 5.75 Å². The van der Waals surface area contributed by atoms with Crippen LogP contribution in [0.5, 0.6) is 5.75 Å². The molecule has 0 spiro atoms. The largest absolute Gasteiger partial charge is 0.494 e. The summed E-state index contributed by atoms with van der Waals surface area (Å²) in [7, 11) is 0. The number of benzene rings is 1. The predicted octanol–water partition coefficient (Wildman–Crippen LogP) is 3.65. The van der Waals surface area contributed by atoms with Gasteiger partial charge in [-0.15, -0.1) is 5.10 Å². The number of nitrogens with one attached hydrogen (secondary N) is 1. The van der Waals surface area contributed by atoms with Gasteiger partial charge in [0.2, 0.25) is 5.91 Å². The van der Waals surface area contributed by atoms with Crippen LogP contribution in [0.4, 0.5) is 10.9 Å². The molecule has 1 saturated heterocycles. The van der Waals surface area contributed by atoms with Gasteiger partial charge < -0.3 is 15.0 Å². The molecule has 0 bridgehead atoms. The Morgan fingerprint density at radius 2 is 2.21 bits per heavy atom. The second kappa shape index (κ2) is 8.10. The van der Waals surface area contributed by atoms with Crippen molar-refractivity contribution in [1.29, 1.82) is 0 Å². The fourth-order valence-corrected chi connectivity index (χ4v) is 4.28. The summed E-state index contributed by atoms with van der Waals surface area (Å²) in [6.45, 7) is 6.03. The van der Waals surface area contributed by atoms with Gasteiger partial charge in [-0.25, -0.2) is 4.98 Å². The lowest BCUT2D eigenvalue weighted by Gasteiger charge is -2.32. The molecule has 4 rings (SSSR count). The number of carbonyl (C=O) groups is 1. The van der Waals surface area contributed by atoms with Crippen LogP contribution in [-0.2, 0) is 4.79 Å². The van der Waals surface area contributed by atoms with E-state index in [2.05, 4.69) is 25.4 Å². The normalized spacial score (nSPS) is 16.9. The molecular weight excluding hydrogens is 374 g/mol. The molecule has 1 aliphatic rings. The van der Waals surface area contributed by atoms with Gasteiger partial charge in [0.25, 0.3) is 0 Å². The van der Waals surface area contributed by atoms with E-state index in [4.69, 9.17) is 4.74 Å². The molecule has 1 fully saturated rings. The Bertz CT molecular complexity index is 972. The highest BCUT2D eigenvalue weighted by molar-refractivity contribution is 7.22. The second-order valence-corrected chi connectivity index (χ2v) is 7.92. The third kappa shape index (κ3) is 4.06. The molecule has 1 amide bonds. The summed E-state index contributed by atoms with van der Waals surface area (Å²) in [5.74, 6) is 1.56. The monoisotopic (exact) mass is 397 g/mol. The van der Waals surface area contributed by atoms with Crippen molar-refractivity contribution < 1.29 is 9.53 Å². The van der Waals surface area contributed by atoms with E-state index in [1.807, 2.05) is 44.2 Å². The highest BCUT2D eigenvalue weighted by Crippen LogP contribution is 2.30. The Morgan fingerprint density at radius 3 is 3.00 bits per heavy atom. The van der Waals surface area contributed by atoms with Gasteiger partial charge in [-0.2, -0.15) is 5.10 Å². The molecule has 1 N–H and O–H groups in total. The number of hydrogen-bond acceptors (Lipinski definition) is 7. The molecule has 0 aliphatic carbocycles. The van der Waals surface area contributed by atoms with Gasteiger partial charge >= 0.3 is 0 Å². The van der Waals surface area contributed by atoms with E-state index in [1.54, 1.807) is 0 Å². The van der Waals surface area contributed by atoms with Crippen molar-refractivity contribution in [3.63, 3.8) is 0 Å². The third-order valence-electron chi connectivity index (χ3n) is 4.80. The number of piperidine rings is 1. The molecule has 3 heterocycles. The maximum absolute atomic E-state index is 12.8. The molecule has 7 nitrogen and oxygen atoms in total. The first kappa shape index (κ1) is 18.6. The van der Waals surface area contributed by atoms with E-state index in [-0.39, 0.29) is 11.8 Å². The number of carbonyl (C=O) groups excluding carboxylic acids is 1. The lowest BCUT2D eigenvalue weighted by molar-refractivity contribution is -0.120. The van der Waals surface area contributed by atoms with Crippen molar-refractivity contribution in [2.24, 2.45) is 5.92 Å². The van der Waals surface area contributed by atoms with Crippen molar-refractivity contribution in [2.45, 2.75) is 26.7 Å². The number of nitrogens with zero attached hydrogens (tertiary/aromatic N) is 4. The summed E-state index contributed by atoms with van der Waals surface area (Å²) in [4.78, 5) is 19.5. The number of anilines is 2. The number of amides is 1. The minimum atomic E-state index is -0.0946. The van der Waals surface area contributed by atoms with Crippen LogP contribution in [0.25, 0.3) is 10.2 Å². The summed E-state index contributed by atoms with van der Waals surface area (Å²) in [5, 5.41) is 12.0. The first-order valence-electron chi connectivity index (χ1n) is 9.52. The van der Waals surface area contributed by atoms with Gasteiger partial charge in [-0.1, -0.05) is 11.3 Å². The summed E-state index contributed by atoms with van der Waals surface area (Å²) in [5.41, 5.74) is 1.75. The molecule has 1 atom stereocenters. The van der Waals surface area contributed by atoms with Crippen molar-refractivity contribution in [3.8, 4) is 5.75 Å². The summed E-state index contributed by atoms with van der Waals surface area (Å²) in [6.07, 6.45) is 1.81. The van der Waals surface area contributed by atoms with E-state index >= 15 is 0 Å². The molecule has 2 aromatic heterocycles. The molecule has 1 unspecified atom stereocenters. The average Bonchev–Trinajstić information content (AvgIpc) is 3.10. The molecule has 28 heavy (non-hydrogen) atoms. The van der Waals surface area contributed by atoms with Crippen LogP contribution in [0.2, 0.25) is 0 Å². The minimum absolute atomic E-state index is 0.00820. The lowest BCUT2D eigenvalue weighted by atomic mass is 9.97. The van der Waals surface area contributed by atoms with Crippen LogP contribution in [-0.4, -0.2) is 40.8 Å². The summed E-state index contributed by atoms with van der Waals surface area (Å²) in [6, 6.07) is 9.70. The van der Waals surface area contributed by atoms with Crippen molar-refractivity contribution in [1.82, 2.24) is 15.2 Å². The SMILES string of the molecule is CCOc1ccc2nc(NC(=O)C3CCCN(c4ccc(C)nn4)C3)sc2c1. The Kier molecular flexibility index (Phi) is 5.38. The maximum atomic E-state index is 12.8. The van der Waals surface area contributed by atoms with Crippen LogP contribution in [0.15, 0.2) is 30.3 Å². The highest BCUT2D eigenvalue weighted by atomic mass is 32.1. The van der Waals surface area contributed by atoms with E-state index in [9.17, 15) is 4.79 Å². The molecule has 0 saturated carbocycles. The van der Waals surface area contributed by atoms with E-state index in [0.29, 0.717) is 18.3 Å². The van der Waals surface area contributed by atoms with E-state index in [1.165, 1.54) is 11.3 Å². The number of aromatic nitrogens is 3. The van der Waals surface area contributed by atoms with Crippen LogP contribution in [0.1, 0.15) is 25.5 Å². The van der Waals surface area contributed by atoms with E-state index in [0.717, 1.165) is 46.9 Å². The second-order valence-electron chi connectivity index (χ2n) is 6.89. The minimum Gasteiger partial charge on any atom is -0.494 e. The van der Waals surface area contributed by atoms with Crippen molar-refractivity contribution in [2.75, 3.05) is 29.9 Å². The van der Waals surface area contributed by atoms with Gasteiger partial charge in [-0.05, 0) is 57.0 Å². The van der Waals surface area contributed by atoms with E-state index < -0.39 is 0 Å². The maximum Gasteiger partial charge on any atom is 0.231 e. The predicted molar refractivity (Wildman–Crippen MR) is 111 cm³/mol. The number of ether oxygens (including phenoxy) is 1. The van der Waals surface area contributed by atoms with Crippen molar-refractivity contribution >= 4 is 38.4 Å². The fourth-order valence-electron chi connectivity index (χ4n) is 3.38. The van der Waals surface area contributed by atoms with Crippen molar-refractivity contribution in [3.05, 3.63) is 36.0 Å². The standard InChI is InChI=1S/C20H23N5O2S/c1-3-27-15-7-8-16-17(11-15)28-20(21-16)22-19(26)14-5-4-10-25(12-14)18-9-6-13(2)23-24-18/h6-9,11,14H,3-5,10,12H2,1-2H3,(H,21,22,26). The molecule has 146 valence electrons. The summed E-state index contributed by atoms with van der Waals surface area (Å²) >= 11 is 1.47. The average molecular weight is 398 g/mol. The van der Waals surface area contributed by atoms with Gasteiger partial charge in [0.05, 0.1) is 28.4 Å². The number of fused-ring (bicyclic) bond motifs is 1. The number of aryl methyl sites for hydroxylation is 1. The molecule has 3 aromatic rings. The van der Waals surface area contributed by atoms with Gasteiger partial charge in [-0.3, -0.25) is 4.79 Å². The Balaban J connectivity index is 1.44. The first-order chi connectivity index (χ1) is 13.6. The zero-order valence-corrected chi connectivity index (χ0v) is 16.8. The molecule has 0 radical (unpaired) electrons. The third-order valence-corrected chi connectivity index (χ3v) is 5.73. The number of thiazole rings is 1. The fraction of sp³-hybridized carbons (Fsp3) is 0.400. The zero-order valence-electron chi connectivity index (χ0n) is 16.0. The Morgan fingerprint density at radius 1 is 1.32 bits per heavy atom.